The Labute approximate surface area is 162 Å². The molecule has 2 unspecified atom stereocenters. The van der Waals surface area contributed by atoms with Gasteiger partial charge in [-0.05, 0) is 55.9 Å². The van der Waals surface area contributed by atoms with Crippen LogP contribution in [0.5, 0.6) is 0 Å². The van der Waals surface area contributed by atoms with E-state index < -0.39 is 5.79 Å². The van der Waals surface area contributed by atoms with Gasteiger partial charge in [0.05, 0.1) is 19.3 Å². The molecule has 0 aromatic rings. The number of fused-ring (bicyclic) bond motifs is 3. The molecule has 0 radical (unpaired) electrons. The fourth-order valence-corrected chi connectivity index (χ4v) is 7.55. The second-order valence-corrected chi connectivity index (χ2v) is 11.5. The molecule has 5 fully saturated rings. The highest BCUT2D eigenvalue weighted by atomic mass is 16.7. The van der Waals surface area contributed by atoms with Gasteiger partial charge >= 0.3 is 0 Å². The molecule has 6 aliphatic rings. The summed E-state index contributed by atoms with van der Waals surface area (Å²) in [6.07, 6.45) is 10.7. The van der Waals surface area contributed by atoms with Gasteiger partial charge in [-0.3, -0.25) is 0 Å². The maximum Gasteiger partial charge on any atom is 0.171 e. The van der Waals surface area contributed by atoms with E-state index in [9.17, 15) is 5.11 Å². The quantitative estimate of drug-likeness (QED) is 0.515. The molecule has 6 atom stereocenters. The van der Waals surface area contributed by atoms with Gasteiger partial charge < -0.3 is 19.3 Å². The number of aliphatic hydroxyl groups excluding tert-OH is 1. The lowest BCUT2D eigenvalue weighted by Gasteiger charge is -2.52. The monoisotopic (exact) mass is 374 g/mol. The molecule has 150 valence electrons. The Kier molecular flexibility index (Phi) is 3.23. The van der Waals surface area contributed by atoms with Crippen LogP contribution in [0.3, 0.4) is 0 Å². The zero-order chi connectivity index (χ0) is 18.7. The lowest BCUT2D eigenvalue weighted by Crippen LogP contribution is -2.56. The molecule has 2 saturated heterocycles. The first kappa shape index (κ1) is 17.4. The Balaban J connectivity index is 1.29. The number of aliphatic hydroxyl groups is 1. The van der Waals surface area contributed by atoms with Gasteiger partial charge in [0, 0.05) is 23.7 Å². The third kappa shape index (κ3) is 2.09. The summed E-state index contributed by atoms with van der Waals surface area (Å²) in [7, 11) is 0. The Morgan fingerprint density at radius 1 is 1.00 bits per heavy atom. The van der Waals surface area contributed by atoms with E-state index in [1.54, 1.807) is 5.57 Å². The summed E-state index contributed by atoms with van der Waals surface area (Å²) in [4.78, 5) is 0. The predicted molar refractivity (Wildman–Crippen MR) is 101 cm³/mol. The van der Waals surface area contributed by atoms with E-state index in [1.807, 2.05) is 0 Å². The van der Waals surface area contributed by atoms with Gasteiger partial charge in [-0.1, -0.05) is 26.8 Å². The van der Waals surface area contributed by atoms with E-state index in [1.165, 1.54) is 12.8 Å². The topological polar surface area (TPSA) is 51.2 Å². The molecular weight excluding hydrogens is 340 g/mol. The fourth-order valence-electron chi connectivity index (χ4n) is 7.55. The van der Waals surface area contributed by atoms with E-state index in [0.29, 0.717) is 11.8 Å². The minimum Gasteiger partial charge on any atom is -0.393 e. The van der Waals surface area contributed by atoms with Gasteiger partial charge in [0.2, 0.25) is 0 Å². The van der Waals surface area contributed by atoms with Crippen molar-refractivity contribution in [1.82, 2.24) is 0 Å². The number of rotatable bonds is 0. The van der Waals surface area contributed by atoms with Crippen LogP contribution in [0.25, 0.3) is 0 Å². The van der Waals surface area contributed by atoms with E-state index in [4.69, 9.17) is 14.2 Å². The Hall–Kier alpha value is -0.420. The smallest absolute Gasteiger partial charge is 0.171 e. The van der Waals surface area contributed by atoms with Crippen LogP contribution >= 0.6 is 0 Å². The average molecular weight is 375 g/mol. The Bertz CT molecular complexity index is 703. The third-order valence-electron chi connectivity index (χ3n) is 9.26. The van der Waals surface area contributed by atoms with E-state index in [2.05, 4.69) is 26.8 Å². The van der Waals surface area contributed by atoms with Crippen LogP contribution in [0.15, 0.2) is 11.6 Å². The molecule has 4 nitrogen and oxygen atoms in total. The van der Waals surface area contributed by atoms with Crippen LogP contribution in [0, 0.1) is 22.7 Å². The molecule has 6 rings (SSSR count). The zero-order valence-electron chi connectivity index (χ0n) is 17.1. The van der Waals surface area contributed by atoms with Gasteiger partial charge in [-0.25, -0.2) is 0 Å². The Morgan fingerprint density at radius 3 is 2.56 bits per heavy atom. The van der Waals surface area contributed by atoms with E-state index >= 15 is 0 Å². The molecule has 1 spiro atoms. The number of hydrogen-bond acceptors (Lipinski definition) is 4. The largest absolute Gasteiger partial charge is 0.393 e. The second-order valence-electron chi connectivity index (χ2n) is 11.5. The SMILES string of the molecule is CC1(C)COC2(CC[C@]34O[C@]3(CCC3C4=CC[C@@]4(C)C3CC[C@@H]4O)C2)OC1. The number of epoxide rings is 1. The van der Waals surface area contributed by atoms with Crippen molar-refractivity contribution in [1.29, 1.82) is 0 Å². The van der Waals surface area contributed by atoms with Crippen molar-refractivity contribution in [2.24, 2.45) is 22.7 Å². The van der Waals surface area contributed by atoms with Crippen LogP contribution in [-0.4, -0.2) is 41.4 Å². The molecule has 0 bridgehead atoms. The number of ether oxygens (including phenoxy) is 3. The van der Waals surface area contributed by atoms with Crippen LogP contribution in [0.1, 0.15) is 72.1 Å². The van der Waals surface area contributed by atoms with Crippen molar-refractivity contribution >= 4 is 0 Å². The number of allylic oxidation sites excluding steroid dienone is 1. The molecule has 4 heteroatoms. The molecule has 1 N–H and O–H groups in total. The van der Waals surface area contributed by atoms with Gasteiger partial charge in [0.1, 0.15) is 11.2 Å². The van der Waals surface area contributed by atoms with Crippen molar-refractivity contribution in [2.75, 3.05) is 13.2 Å². The Morgan fingerprint density at radius 2 is 1.78 bits per heavy atom. The van der Waals surface area contributed by atoms with Crippen molar-refractivity contribution in [2.45, 2.75) is 95.2 Å². The minimum absolute atomic E-state index is 0.0459. The minimum atomic E-state index is -0.421. The summed E-state index contributed by atoms with van der Waals surface area (Å²) < 4.78 is 19.4. The maximum absolute atomic E-state index is 10.6. The van der Waals surface area contributed by atoms with E-state index in [-0.39, 0.29) is 28.1 Å². The highest BCUT2D eigenvalue weighted by molar-refractivity contribution is 5.43. The third-order valence-corrected chi connectivity index (χ3v) is 9.26. The molecule has 0 aromatic carbocycles. The lowest BCUT2D eigenvalue weighted by molar-refractivity contribution is -0.313. The van der Waals surface area contributed by atoms with Crippen LogP contribution in [0.2, 0.25) is 0 Å². The van der Waals surface area contributed by atoms with Crippen LogP contribution in [-0.2, 0) is 14.2 Å². The molecular formula is C23H34O4. The first-order valence-electron chi connectivity index (χ1n) is 11.1. The second kappa shape index (κ2) is 5.00. The highest BCUT2D eigenvalue weighted by Crippen LogP contribution is 2.73. The van der Waals surface area contributed by atoms with Crippen molar-refractivity contribution < 1.29 is 19.3 Å². The maximum atomic E-state index is 10.6. The summed E-state index contributed by atoms with van der Waals surface area (Å²) in [6, 6.07) is 0. The van der Waals surface area contributed by atoms with Gasteiger partial charge in [-0.15, -0.1) is 0 Å². The summed E-state index contributed by atoms with van der Waals surface area (Å²) in [6.45, 7) is 8.30. The molecule has 27 heavy (non-hydrogen) atoms. The first-order chi connectivity index (χ1) is 12.7. The molecule has 0 amide bonds. The number of hydrogen-bond donors (Lipinski definition) is 1. The molecule has 4 aliphatic carbocycles. The summed E-state index contributed by atoms with van der Waals surface area (Å²) in [5.74, 6) is 0.816. The lowest BCUT2D eigenvalue weighted by atomic mass is 9.54. The van der Waals surface area contributed by atoms with Gasteiger partial charge in [0.25, 0.3) is 0 Å². The van der Waals surface area contributed by atoms with Crippen LogP contribution in [0.4, 0.5) is 0 Å². The summed E-state index contributed by atoms with van der Waals surface area (Å²) in [5.41, 5.74) is 1.67. The molecule has 0 aromatic heterocycles. The van der Waals surface area contributed by atoms with Gasteiger partial charge in [0.15, 0.2) is 5.79 Å². The van der Waals surface area contributed by atoms with Crippen LogP contribution < -0.4 is 0 Å². The summed E-state index contributed by atoms with van der Waals surface area (Å²) in [5, 5.41) is 10.6. The van der Waals surface area contributed by atoms with Crippen molar-refractivity contribution in [3.63, 3.8) is 0 Å². The van der Waals surface area contributed by atoms with Crippen molar-refractivity contribution in [3.8, 4) is 0 Å². The molecule has 3 saturated carbocycles. The standard InChI is InChI=1S/C23H34O4/c1-19(2)13-25-22(26-14-19)10-11-23-17-7-8-20(3)16(4-5-18(20)24)15(17)6-9-21(23,12-22)27-23/h7,15-16,18,24H,4-6,8-14H2,1-3H3/t15?,16?,18-,20-,21+,23+/m0/s1. The molecule has 2 aliphatic heterocycles. The van der Waals surface area contributed by atoms with Crippen molar-refractivity contribution in [3.05, 3.63) is 11.6 Å². The highest BCUT2D eigenvalue weighted by Gasteiger charge is 2.79. The van der Waals surface area contributed by atoms with E-state index in [0.717, 1.165) is 51.7 Å². The fraction of sp³-hybridized carbons (Fsp3) is 0.913. The normalized spacial score (nSPS) is 54.4. The summed E-state index contributed by atoms with van der Waals surface area (Å²) >= 11 is 0. The average Bonchev–Trinajstić information content (AvgIpc) is 3.23. The predicted octanol–water partition coefficient (Wildman–Crippen LogP) is 3.96. The zero-order valence-corrected chi connectivity index (χ0v) is 17.1. The molecule has 2 heterocycles. The van der Waals surface area contributed by atoms with Gasteiger partial charge in [-0.2, -0.15) is 0 Å². The first-order valence-corrected chi connectivity index (χ1v) is 11.1.